The van der Waals surface area contributed by atoms with Crippen molar-refractivity contribution in [2.45, 2.75) is 200 Å². The zero-order chi connectivity index (χ0) is 63.0. The van der Waals surface area contributed by atoms with Gasteiger partial charge in [-0.05, 0) is 94.8 Å². The van der Waals surface area contributed by atoms with E-state index in [1.54, 1.807) is 41.5 Å². The number of amides is 9. The molecule has 0 saturated heterocycles. The van der Waals surface area contributed by atoms with E-state index in [-0.39, 0.29) is 114 Å². The molecule has 31 nitrogen and oxygen atoms in total. The Kier molecular flexibility index (Phi) is 35.4. The number of hydrogen-bond acceptors (Lipinski definition) is 15. The first-order valence-corrected chi connectivity index (χ1v) is 27.8. The fourth-order valence-electron chi connectivity index (χ4n) is 8.19. The minimum atomic E-state index is -1.69. The molecule has 0 bridgehead atoms. The normalized spacial score (nSPS) is 15.2. The van der Waals surface area contributed by atoms with Crippen LogP contribution in [0.3, 0.4) is 0 Å². The van der Waals surface area contributed by atoms with Gasteiger partial charge in [0.15, 0.2) is 17.9 Å². The lowest BCUT2D eigenvalue weighted by Crippen LogP contribution is -2.62. The van der Waals surface area contributed by atoms with Crippen LogP contribution in [0.2, 0.25) is 0 Å². The second-order valence-electron chi connectivity index (χ2n) is 21.8. The van der Waals surface area contributed by atoms with E-state index >= 15 is 0 Å². The third-order valence-electron chi connectivity index (χ3n) is 12.7. The smallest absolute Gasteiger partial charge is 0.326 e. The first-order valence-electron chi connectivity index (χ1n) is 27.8. The summed E-state index contributed by atoms with van der Waals surface area (Å²) in [7, 11) is 0. The number of nitrogens with one attached hydrogen (secondary N) is 14. The Morgan fingerprint density at radius 1 is 0.427 bits per heavy atom. The molecule has 0 rings (SSSR count). The van der Waals surface area contributed by atoms with Crippen molar-refractivity contribution in [1.29, 1.82) is 16.2 Å². The third-order valence-corrected chi connectivity index (χ3v) is 12.7. The highest BCUT2D eigenvalue weighted by atomic mass is 16.4. The van der Waals surface area contributed by atoms with Crippen LogP contribution in [0.5, 0.6) is 0 Å². The van der Waals surface area contributed by atoms with Crippen LogP contribution in [-0.4, -0.2) is 167 Å². The topological polar surface area (TPSA) is 545 Å². The lowest BCUT2D eigenvalue weighted by molar-refractivity contribution is -0.143. The van der Waals surface area contributed by atoms with Crippen LogP contribution >= 0.6 is 0 Å². The highest BCUT2D eigenvalue weighted by Gasteiger charge is 2.37. The molecule has 0 aliphatic carbocycles. The van der Waals surface area contributed by atoms with Crippen molar-refractivity contribution < 1.29 is 58.2 Å². The average molecular weight is 1170 g/mol. The van der Waals surface area contributed by atoms with Gasteiger partial charge in [0.2, 0.25) is 53.2 Å². The quantitative estimate of drug-likeness (QED) is 0.0157. The third kappa shape index (κ3) is 31.4. The molecule has 468 valence electrons. The molecule has 11 atom stereocenters. The molecule has 26 N–H and O–H groups in total. The Balaban J connectivity index is 7.12. The summed E-state index contributed by atoms with van der Waals surface area (Å²) >= 11 is 0. The molecule has 0 radical (unpaired) electrons. The molecule has 31 heteroatoms. The molecular formula is C51H97N19O12. The number of aliphatic carboxylic acids is 1. The van der Waals surface area contributed by atoms with Crippen molar-refractivity contribution >= 4 is 77.0 Å². The van der Waals surface area contributed by atoms with Crippen molar-refractivity contribution in [2.24, 2.45) is 52.3 Å². The first kappa shape index (κ1) is 74.4. The molecular weight excluding hydrogens is 1070 g/mol. The number of carbonyl (C=O) groups excluding carboxylic acids is 9. The van der Waals surface area contributed by atoms with Crippen LogP contribution in [0, 0.1) is 39.9 Å². The molecule has 0 aromatic rings. The van der Waals surface area contributed by atoms with Gasteiger partial charge in [0, 0.05) is 26.1 Å². The highest BCUT2D eigenvalue weighted by Crippen LogP contribution is 2.14. The molecule has 0 fully saturated rings. The summed E-state index contributed by atoms with van der Waals surface area (Å²) in [6.45, 7) is 15.5. The summed E-state index contributed by atoms with van der Waals surface area (Å²) in [4.78, 5) is 136. The molecule has 0 aliphatic heterocycles. The van der Waals surface area contributed by atoms with Crippen LogP contribution in [0.15, 0.2) is 0 Å². The Morgan fingerprint density at radius 3 is 1.11 bits per heavy atom. The maximum Gasteiger partial charge on any atom is 0.326 e. The zero-order valence-electron chi connectivity index (χ0n) is 49.1. The zero-order valence-corrected chi connectivity index (χ0v) is 49.1. The van der Waals surface area contributed by atoms with E-state index in [0.717, 1.165) is 0 Å². The number of carboxylic acids is 1. The Hall–Kier alpha value is -7.57. The lowest BCUT2D eigenvalue weighted by atomic mass is 9.96. The van der Waals surface area contributed by atoms with Gasteiger partial charge in [0.1, 0.15) is 48.3 Å². The van der Waals surface area contributed by atoms with Crippen molar-refractivity contribution in [3.05, 3.63) is 0 Å². The van der Waals surface area contributed by atoms with Crippen LogP contribution in [-0.2, 0) is 47.9 Å². The Morgan fingerprint density at radius 2 is 0.744 bits per heavy atom. The van der Waals surface area contributed by atoms with E-state index in [1.807, 2.05) is 13.8 Å². The minimum absolute atomic E-state index is 0.0222. The number of aliphatic hydroxyl groups excluding tert-OH is 1. The first-order chi connectivity index (χ1) is 38.2. The molecule has 0 spiro atoms. The predicted molar refractivity (Wildman–Crippen MR) is 306 cm³/mol. The Bertz CT molecular complexity index is 2150. The number of aliphatic hydroxyl groups is 1. The summed E-state index contributed by atoms with van der Waals surface area (Å²) in [5, 5.41) is 71.2. The molecule has 9 amide bonds. The van der Waals surface area contributed by atoms with Gasteiger partial charge < -0.3 is 97.4 Å². The second-order valence-corrected chi connectivity index (χ2v) is 21.8. The monoisotopic (exact) mass is 1170 g/mol. The van der Waals surface area contributed by atoms with Crippen molar-refractivity contribution in [2.75, 3.05) is 19.6 Å². The lowest BCUT2D eigenvalue weighted by Gasteiger charge is -2.30. The van der Waals surface area contributed by atoms with Crippen LogP contribution in [0.25, 0.3) is 0 Å². The largest absolute Gasteiger partial charge is 0.480 e. The maximum absolute atomic E-state index is 14.5. The van der Waals surface area contributed by atoms with E-state index in [0.29, 0.717) is 6.42 Å². The van der Waals surface area contributed by atoms with E-state index in [1.165, 1.54) is 6.92 Å². The molecule has 0 aliphatic rings. The summed E-state index contributed by atoms with van der Waals surface area (Å²) in [5.74, 6) is -11.3. The van der Waals surface area contributed by atoms with Crippen molar-refractivity contribution in [3.63, 3.8) is 0 Å². The number of rotatable bonds is 41. The fraction of sp³-hybridized carbons (Fsp3) is 0.745. The van der Waals surface area contributed by atoms with Gasteiger partial charge in [-0.2, -0.15) is 0 Å². The number of guanidine groups is 3. The van der Waals surface area contributed by atoms with Gasteiger partial charge in [-0.15, -0.1) is 0 Å². The molecule has 0 saturated carbocycles. The van der Waals surface area contributed by atoms with E-state index < -0.39 is 138 Å². The molecule has 0 aromatic heterocycles. The number of carbonyl (C=O) groups is 10. The van der Waals surface area contributed by atoms with Gasteiger partial charge in [-0.1, -0.05) is 61.8 Å². The van der Waals surface area contributed by atoms with Crippen molar-refractivity contribution in [1.82, 2.24) is 58.5 Å². The molecule has 0 heterocycles. The van der Waals surface area contributed by atoms with Gasteiger partial charge in [-0.3, -0.25) is 59.4 Å². The van der Waals surface area contributed by atoms with Gasteiger partial charge in [-0.25, -0.2) is 4.79 Å². The van der Waals surface area contributed by atoms with Gasteiger partial charge in [0.05, 0.1) is 12.1 Å². The fourth-order valence-corrected chi connectivity index (χ4v) is 8.19. The van der Waals surface area contributed by atoms with Crippen molar-refractivity contribution in [3.8, 4) is 0 Å². The SMILES string of the molecule is CC[C@H](C)[C@H](NC(=O)[C@H](CCCNC(=N)N)NC(=O)[C@H](CCC(N)=O)NC(=O)[C@H](CC(C)C)NC(=O)[C@H](CCCNC(=N)N)NC(=O)[C@@H](N)CC(C)C)C(=O)N[C@@H](CCCNC(=N)N)C(=O)N[C@H](C(=O)N[C@@H](CC(C)C)C(=O)O)[C@@H](C)O. The van der Waals surface area contributed by atoms with Crippen LogP contribution in [0.1, 0.15) is 139 Å². The standard InChI is InChI=1S/C51H97N19O12/c1-10-28(8)38(46(79)66-33(16-13-21-62-51(58)59)44(77)70-39(29(9)71)47(80)68-36(48(81)82)24-27(6)7)69-43(76)32(15-12-20-61-50(56)57)64-42(75)34(17-18-37(53)72)65-45(78)35(23-26(4)5)67-41(74)31(14-11-19-60-49(54)55)63-40(73)30(52)22-25(2)3/h25-36,38-39,71H,10-24,52H2,1-9H3,(H2,53,72)(H,63,73)(H,64,75)(H,65,78)(H,66,79)(H,67,74)(H,68,80)(H,69,76)(H,70,77)(H,81,82)(H4,54,55,60)(H4,56,57,61)(H4,58,59,62)/t28-,29+,30-,31-,32-,33-,34-,35-,36-,38-,39-/m0/s1. The summed E-state index contributed by atoms with van der Waals surface area (Å²) in [6, 6.07) is -12.5. The predicted octanol–water partition coefficient (Wildman–Crippen LogP) is -4.10. The van der Waals surface area contributed by atoms with Crippen LogP contribution < -0.4 is 87.2 Å². The minimum Gasteiger partial charge on any atom is -0.480 e. The summed E-state index contributed by atoms with van der Waals surface area (Å²) in [6.07, 6.45) is -1.58. The molecule has 82 heavy (non-hydrogen) atoms. The summed E-state index contributed by atoms with van der Waals surface area (Å²) < 4.78 is 0. The average Bonchev–Trinajstić information content (AvgIpc) is 3.42. The highest BCUT2D eigenvalue weighted by molar-refractivity contribution is 5.98. The number of hydrogen-bond donors (Lipinski definition) is 21. The summed E-state index contributed by atoms with van der Waals surface area (Å²) in [5.41, 5.74) is 27.9. The van der Waals surface area contributed by atoms with Gasteiger partial charge >= 0.3 is 5.97 Å². The molecule has 0 aromatic carbocycles. The van der Waals surface area contributed by atoms with E-state index in [9.17, 15) is 58.2 Å². The Labute approximate surface area is 480 Å². The number of nitrogens with two attached hydrogens (primary N) is 5. The number of primary amides is 1. The number of carboxylic acid groups (broad SMARTS) is 1. The van der Waals surface area contributed by atoms with E-state index in [4.69, 9.17) is 44.9 Å². The second kappa shape index (κ2) is 39.0. The van der Waals surface area contributed by atoms with Crippen LogP contribution in [0.4, 0.5) is 0 Å². The van der Waals surface area contributed by atoms with E-state index in [2.05, 4.69) is 58.5 Å². The maximum atomic E-state index is 14.5. The molecule has 0 unspecified atom stereocenters. The van der Waals surface area contributed by atoms with Gasteiger partial charge in [0.25, 0.3) is 0 Å².